The van der Waals surface area contributed by atoms with Crippen molar-refractivity contribution in [2.75, 3.05) is 7.11 Å². The largest absolute Gasteiger partial charge is 0.496 e. The molecule has 0 saturated heterocycles. The molecule has 2 aromatic rings. The molecule has 28 heavy (non-hydrogen) atoms. The number of hydrogen-bond acceptors (Lipinski definition) is 4. The van der Waals surface area contributed by atoms with Crippen LogP contribution >= 0.6 is 11.6 Å². The summed E-state index contributed by atoms with van der Waals surface area (Å²) in [5.74, 6) is -1.64. The van der Waals surface area contributed by atoms with Crippen LogP contribution in [0.3, 0.4) is 0 Å². The fraction of sp³-hybridized carbons (Fsp3) is 0.158. The number of aliphatic carboxylic acids is 1. The van der Waals surface area contributed by atoms with Gasteiger partial charge in [0.25, 0.3) is 0 Å². The van der Waals surface area contributed by atoms with Crippen molar-refractivity contribution in [1.82, 2.24) is 0 Å². The van der Waals surface area contributed by atoms with Crippen molar-refractivity contribution in [3.63, 3.8) is 0 Å². The molecule has 0 aliphatic carbocycles. The van der Waals surface area contributed by atoms with Gasteiger partial charge in [0.2, 0.25) is 6.10 Å². The highest BCUT2D eigenvalue weighted by Crippen LogP contribution is 2.44. The first-order chi connectivity index (χ1) is 13.2. The monoisotopic (exact) mass is 412 g/mol. The standard InChI is InChI=1S/C19H12ClF3O5/c1-27-15-3-2-9(4-11(15)8-24)13-7-12(20)5-10-6-14(18(25)26)17(19(21,22)23)28-16(10)13/h2-8,17H,1H3,(H,25,26). The van der Waals surface area contributed by atoms with Gasteiger partial charge in [0, 0.05) is 16.1 Å². The number of ether oxygens (including phenoxy) is 2. The minimum atomic E-state index is -4.94. The number of carboxylic acid groups (broad SMARTS) is 1. The first kappa shape index (κ1) is 19.8. The van der Waals surface area contributed by atoms with E-state index in [9.17, 15) is 22.8 Å². The molecular weight excluding hydrogens is 401 g/mol. The predicted octanol–water partition coefficient (Wildman–Crippen LogP) is 4.62. The van der Waals surface area contributed by atoms with Crippen LogP contribution in [0.2, 0.25) is 5.02 Å². The molecule has 1 atom stereocenters. The Hall–Kier alpha value is -3.00. The van der Waals surface area contributed by atoms with Gasteiger partial charge in [0.15, 0.2) is 6.29 Å². The van der Waals surface area contributed by atoms with Crippen LogP contribution in [-0.4, -0.2) is 36.8 Å². The van der Waals surface area contributed by atoms with E-state index >= 15 is 0 Å². The van der Waals surface area contributed by atoms with Gasteiger partial charge in [0.05, 0.1) is 18.2 Å². The van der Waals surface area contributed by atoms with Crippen molar-refractivity contribution < 1.29 is 37.3 Å². The van der Waals surface area contributed by atoms with E-state index in [4.69, 9.17) is 26.2 Å². The van der Waals surface area contributed by atoms with Crippen molar-refractivity contribution in [2.24, 2.45) is 0 Å². The summed E-state index contributed by atoms with van der Waals surface area (Å²) in [5, 5.41) is 9.30. The van der Waals surface area contributed by atoms with Crippen molar-refractivity contribution in [3.05, 3.63) is 52.1 Å². The molecule has 1 aliphatic rings. The molecule has 1 N–H and O–H groups in total. The van der Waals surface area contributed by atoms with Crippen LogP contribution in [-0.2, 0) is 4.79 Å². The molecule has 1 heterocycles. The van der Waals surface area contributed by atoms with Crippen LogP contribution in [0.4, 0.5) is 13.2 Å². The van der Waals surface area contributed by atoms with Crippen LogP contribution < -0.4 is 9.47 Å². The molecule has 0 aromatic heterocycles. The Morgan fingerprint density at radius 2 is 2.00 bits per heavy atom. The Balaban J connectivity index is 2.23. The molecule has 1 aliphatic heterocycles. The third kappa shape index (κ3) is 3.55. The lowest BCUT2D eigenvalue weighted by Gasteiger charge is -2.28. The van der Waals surface area contributed by atoms with Crippen LogP contribution in [0.1, 0.15) is 15.9 Å². The second kappa shape index (κ2) is 7.20. The number of hydrogen-bond donors (Lipinski definition) is 1. The van der Waals surface area contributed by atoms with E-state index in [-0.39, 0.29) is 33.2 Å². The number of fused-ring (bicyclic) bond motifs is 1. The zero-order chi connectivity index (χ0) is 20.6. The first-order valence-electron chi connectivity index (χ1n) is 7.81. The molecule has 2 aromatic carbocycles. The SMILES string of the molecule is COc1ccc(-c2cc(Cl)cc3c2OC(C(F)(F)F)C(C(=O)O)=C3)cc1C=O. The summed E-state index contributed by atoms with van der Waals surface area (Å²) < 4.78 is 50.2. The second-order valence-corrected chi connectivity index (χ2v) is 6.33. The Kier molecular flexibility index (Phi) is 5.08. The molecule has 0 amide bonds. The zero-order valence-corrected chi connectivity index (χ0v) is 15.0. The van der Waals surface area contributed by atoms with E-state index in [1.165, 1.54) is 37.4 Å². The van der Waals surface area contributed by atoms with Crippen molar-refractivity contribution in [3.8, 4) is 22.6 Å². The topological polar surface area (TPSA) is 72.8 Å². The number of rotatable bonds is 4. The minimum absolute atomic E-state index is 0.0869. The normalized spacial score (nSPS) is 15.9. The summed E-state index contributed by atoms with van der Waals surface area (Å²) in [7, 11) is 1.37. The van der Waals surface area contributed by atoms with E-state index in [0.717, 1.165) is 6.08 Å². The highest BCUT2D eigenvalue weighted by atomic mass is 35.5. The highest BCUT2D eigenvalue weighted by molar-refractivity contribution is 6.31. The first-order valence-corrected chi connectivity index (χ1v) is 8.19. The molecule has 146 valence electrons. The molecule has 0 bridgehead atoms. The smallest absolute Gasteiger partial charge is 0.430 e. The van der Waals surface area contributed by atoms with Gasteiger partial charge >= 0.3 is 12.1 Å². The van der Waals surface area contributed by atoms with Gasteiger partial charge in [-0.05, 0) is 35.9 Å². The van der Waals surface area contributed by atoms with Gasteiger partial charge in [-0.3, -0.25) is 4.79 Å². The van der Waals surface area contributed by atoms with Crippen LogP contribution in [0, 0.1) is 0 Å². The number of carbonyl (C=O) groups excluding carboxylic acids is 1. The average Bonchev–Trinajstić information content (AvgIpc) is 2.64. The van der Waals surface area contributed by atoms with Gasteiger partial charge in [-0.2, -0.15) is 13.2 Å². The van der Waals surface area contributed by atoms with Gasteiger partial charge in [0.1, 0.15) is 11.5 Å². The fourth-order valence-electron chi connectivity index (χ4n) is 2.90. The van der Waals surface area contributed by atoms with Crippen LogP contribution in [0.15, 0.2) is 35.9 Å². The highest BCUT2D eigenvalue weighted by Gasteiger charge is 2.48. The maximum Gasteiger partial charge on any atom is 0.430 e. The average molecular weight is 413 g/mol. The van der Waals surface area contributed by atoms with Gasteiger partial charge in [-0.1, -0.05) is 17.7 Å². The number of carboxylic acids is 1. The molecular formula is C19H12ClF3O5. The Morgan fingerprint density at radius 3 is 2.57 bits per heavy atom. The number of benzene rings is 2. The molecule has 5 nitrogen and oxygen atoms in total. The second-order valence-electron chi connectivity index (χ2n) is 5.89. The minimum Gasteiger partial charge on any atom is -0.496 e. The van der Waals surface area contributed by atoms with Crippen LogP contribution in [0.5, 0.6) is 11.5 Å². The molecule has 0 radical (unpaired) electrons. The Labute approximate surface area is 161 Å². The summed E-state index contributed by atoms with van der Waals surface area (Å²) in [4.78, 5) is 22.5. The summed E-state index contributed by atoms with van der Waals surface area (Å²) in [5.41, 5.74) is -0.142. The molecule has 9 heteroatoms. The molecule has 3 rings (SSSR count). The van der Waals surface area contributed by atoms with E-state index in [1.807, 2.05) is 0 Å². The summed E-state index contributed by atoms with van der Waals surface area (Å²) in [6, 6.07) is 7.11. The van der Waals surface area contributed by atoms with E-state index < -0.39 is 23.8 Å². The van der Waals surface area contributed by atoms with E-state index in [2.05, 4.69) is 0 Å². The van der Waals surface area contributed by atoms with Crippen molar-refractivity contribution >= 4 is 29.9 Å². The van der Waals surface area contributed by atoms with Crippen molar-refractivity contribution in [2.45, 2.75) is 12.3 Å². The van der Waals surface area contributed by atoms with E-state index in [1.54, 1.807) is 0 Å². The quantitative estimate of drug-likeness (QED) is 0.742. The third-order valence-corrected chi connectivity index (χ3v) is 4.34. The van der Waals surface area contributed by atoms with Gasteiger partial charge in [-0.25, -0.2) is 4.79 Å². The number of carbonyl (C=O) groups is 2. The predicted molar refractivity (Wildman–Crippen MR) is 94.9 cm³/mol. The lowest BCUT2D eigenvalue weighted by atomic mass is 9.95. The van der Waals surface area contributed by atoms with Gasteiger partial charge in [-0.15, -0.1) is 0 Å². The summed E-state index contributed by atoms with van der Waals surface area (Å²) in [6.07, 6.45) is -6.15. The van der Waals surface area contributed by atoms with Crippen LogP contribution in [0.25, 0.3) is 17.2 Å². The Bertz CT molecular complexity index is 998. The molecule has 0 fully saturated rings. The molecule has 0 spiro atoms. The number of methoxy groups -OCH3 is 1. The maximum atomic E-state index is 13.4. The summed E-state index contributed by atoms with van der Waals surface area (Å²) >= 11 is 6.07. The zero-order valence-electron chi connectivity index (χ0n) is 14.2. The maximum absolute atomic E-state index is 13.4. The lowest BCUT2D eigenvalue weighted by molar-refractivity contribution is -0.187. The molecule has 0 saturated carbocycles. The fourth-order valence-corrected chi connectivity index (χ4v) is 3.13. The Morgan fingerprint density at radius 1 is 1.29 bits per heavy atom. The number of aldehydes is 1. The van der Waals surface area contributed by atoms with Crippen molar-refractivity contribution in [1.29, 1.82) is 0 Å². The van der Waals surface area contributed by atoms with Gasteiger partial charge < -0.3 is 14.6 Å². The molecule has 1 unspecified atom stereocenters. The summed E-state index contributed by atoms with van der Waals surface area (Å²) in [6.45, 7) is 0. The lowest BCUT2D eigenvalue weighted by Crippen LogP contribution is -2.40. The third-order valence-electron chi connectivity index (χ3n) is 4.12. The number of alkyl halides is 3. The number of halogens is 4. The van der Waals surface area contributed by atoms with E-state index in [0.29, 0.717) is 11.8 Å².